The van der Waals surface area contributed by atoms with E-state index in [1.54, 1.807) is 0 Å². The lowest BCUT2D eigenvalue weighted by Crippen LogP contribution is -2.49. The molecule has 1 aliphatic carbocycles. The molecule has 6 heteroatoms. The van der Waals surface area contributed by atoms with E-state index in [0.29, 0.717) is 23.7 Å². The van der Waals surface area contributed by atoms with E-state index in [0.717, 1.165) is 81.3 Å². The fourth-order valence-electron chi connectivity index (χ4n) is 9.80. The number of piperidine rings is 2. The van der Waals surface area contributed by atoms with Crippen LogP contribution in [-0.4, -0.2) is 63.3 Å². The normalized spacial score (nSPS) is 25.8. The third kappa shape index (κ3) is 5.19. The van der Waals surface area contributed by atoms with E-state index in [4.69, 9.17) is 4.98 Å². The molecule has 3 aliphatic heterocycles. The molecule has 3 saturated heterocycles. The Morgan fingerprint density at radius 2 is 1.65 bits per heavy atom. The van der Waals surface area contributed by atoms with Crippen molar-refractivity contribution in [3.8, 4) is 0 Å². The van der Waals surface area contributed by atoms with Crippen LogP contribution < -0.4 is 0 Å². The van der Waals surface area contributed by atoms with Gasteiger partial charge in [-0.15, -0.1) is 0 Å². The van der Waals surface area contributed by atoms with Gasteiger partial charge in [0.25, 0.3) is 0 Å². The number of carbonyl (C=O) groups is 2. The number of hydrogen-bond acceptors (Lipinski definition) is 4. The van der Waals surface area contributed by atoms with Crippen LogP contribution in [0.5, 0.6) is 0 Å². The Bertz CT molecular complexity index is 1720. The second-order valence-corrected chi connectivity index (χ2v) is 14.5. The van der Waals surface area contributed by atoms with Crippen LogP contribution in [-0.2, 0) is 16.6 Å². The number of likely N-dealkylation sites (tertiary alicyclic amines) is 1. The van der Waals surface area contributed by atoms with Gasteiger partial charge in [-0.05, 0) is 118 Å². The third-order valence-electron chi connectivity index (χ3n) is 12.2. The van der Waals surface area contributed by atoms with Gasteiger partial charge in [-0.1, -0.05) is 54.6 Å². The molecule has 8 rings (SSSR count). The Morgan fingerprint density at radius 1 is 0.913 bits per heavy atom. The van der Waals surface area contributed by atoms with Gasteiger partial charge in [0.2, 0.25) is 5.91 Å². The lowest BCUT2D eigenvalue weighted by molar-refractivity contribution is -0.135. The summed E-state index contributed by atoms with van der Waals surface area (Å²) in [5.74, 6) is 1.34. The minimum atomic E-state index is -0.0816. The summed E-state index contributed by atoms with van der Waals surface area (Å²) in [5.41, 5.74) is 6.96. The summed E-state index contributed by atoms with van der Waals surface area (Å²) in [7, 11) is 0. The van der Waals surface area contributed by atoms with Crippen molar-refractivity contribution in [3.63, 3.8) is 0 Å². The lowest BCUT2D eigenvalue weighted by Gasteiger charge is -2.46. The van der Waals surface area contributed by atoms with Crippen molar-refractivity contribution in [1.29, 1.82) is 0 Å². The molecule has 0 spiro atoms. The number of amides is 1. The van der Waals surface area contributed by atoms with Gasteiger partial charge in [0.1, 0.15) is 12.1 Å². The maximum Gasteiger partial charge on any atom is 0.230 e. The molecule has 238 valence electrons. The number of aryl methyl sites for hydroxylation is 2. The molecule has 1 amide bonds. The van der Waals surface area contributed by atoms with Gasteiger partial charge in [-0.25, -0.2) is 4.98 Å². The number of aldehydes is 1. The second kappa shape index (κ2) is 12.1. The van der Waals surface area contributed by atoms with Gasteiger partial charge in [0.05, 0.1) is 17.0 Å². The maximum absolute atomic E-state index is 14.0. The highest BCUT2D eigenvalue weighted by molar-refractivity contribution is 5.85. The summed E-state index contributed by atoms with van der Waals surface area (Å²) >= 11 is 0. The van der Waals surface area contributed by atoms with Crippen LogP contribution in [0.4, 0.5) is 0 Å². The number of nitrogens with zero attached hydrogens (tertiary/aromatic N) is 4. The minimum absolute atomic E-state index is 0.0816. The van der Waals surface area contributed by atoms with Crippen LogP contribution >= 0.6 is 0 Å². The molecule has 0 N–H and O–H groups in total. The van der Waals surface area contributed by atoms with Gasteiger partial charge >= 0.3 is 0 Å². The fraction of sp³-hybridized carbons (Fsp3) is 0.475. The smallest absolute Gasteiger partial charge is 0.230 e. The Hall–Kier alpha value is -3.77. The predicted molar refractivity (Wildman–Crippen MR) is 182 cm³/mol. The molecule has 2 bridgehead atoms. The summed E-state index contributed by atoms with van der Waals surface area (Å²) in [6.07, 6.45) is 11.9. The number of fused-ring (bicyclic) bond motifs is 4. The molecule has 4 aliphatic rings. The van der Waals surface area contributed by atoms with E-state index in [1.165, 1.54) is 42.3 Å². The minimum Gasteiger partial charge on any atom is -0.342 e. The zero-order valence-electron chi connectivity index (χ0n) is 27.1. The van der Waals surface area contributed by atoms with E-state index in [1.807, 2.05) is 18.2 Å². The standard InChI is InChI=1S/C40H46N4O2/c1-28-41-37-12-5-6-13-38(37)44(28)34-25-32-15-16-33(26-34)43(32)23-20-40(31-9-3-2-4-10-31)18-21-42(22-19-40)39(46)36-11-7-8-30-24-29(27-45)14-17-35(30)36/h2-6,9-10,12-14,17,24,27,32-34,36H,7-8,11,15-16,18-23,25-26H2,1H3. The molecule has 1 aromatic heterocycles. The maximum atomic E-state index is 14.0. The molecule has 3 atom stereocenters. The molecule has 46 heavy (non-hydrogen) atoms. The summed E-state index contributed by atoms with van der Waals surface area (Å²) in [5, 5.41) is 0. The van der Waals surface area contributed by atoms with Crippen molar-refractivity contribution in [2.45, 2.75) is 101 Å². The van der Waals surface area contributed by atoms with E-state index < -0.39 is 0 Å². The molecule has 4 aromatic rings. The first-order valence-electron chi connectivity index (χ1n) is 17.6. The molecule has 3 aromatic carbocycles. The number of imidazole rings is 1. The van der Waals surface area contributed by atoms with Crippen LogP contribution in [0, 0.1) is 6.92 Å². The second-order valence-electron chi connectivity index (χ2n) is 14.5. The van der Waals surface area contributed by atoms with Gasteiger partial charge in [0.15, 0.2) is 0 Å². The molecule has 6 nitrogen and oxygen atoms in total. The van der Waals surface area contributed by atoms with Gasteiger partial charge in [-0.3, -0.25) is 14.5 Å². The molecule has 4 heterocycles. The first-order chi connectivity index (χ1) is 22.5. The molecule has 0 saturated carbocycles. The Morgan fingerprint density at radius 3 is 2.41 bits per heavy atom. The fourth-order valence-corrected chi connectivity index (χ4v) is 9.80. The van der Waals surface area contributed by atoms with Crippen molar-refractivity contribution in [2.75, 3.05) is 19.6 Å². The number of aromatic nitrogens is 2. The van der Waals surface area contributed by atoms with Gasteiger partial charge in [0, 0.05) is 36.8 Å². The average molecular weight is 615 g/mol. The van der Waals surface area contributed by atoms with Crippen molar-refractivity contribution in [1.82, 2.24) is 19.4 Å². The summed E-state index contributed by atoms with van der Waals surface area (Å²) in [6, 6.07) is 27.5. The first kappa shape index (κ1) is 29.6. The van der Waals surface area contributed by atoms with E-state index in [2.05, 4.69) is 75.9 Å². The Balaban J connectivity index is 0.969. The van der Waals surface area contributed by atoms with Crippen molar-refractivity contribution >= 4 is 23.2 Å². The van der Waals surface area contributed by atoms with Crippen LogP contribution in [0.2, 0.25) is 0 Å². The lowest BCUT2D eigenvalue weighted by atomic mass is 9.70. The number of benzene rings is 3. The molecular weight excluding hydrogens is 568 g/mol. The highest BCUT2D eigenvalue weighted by atomic mass is 16.2. The third-order valence-corrected chi connectivity index (χ3v) is 12.2. The summed E-state index contributed by atoms with van der Waals surface area (Å²) in [6.45, 7) is 4.93. The number of hydrogen-bond donors (Lipinski definition) is 0. The zero-order chi connectivity index (χ0) is 31.3. The highest BCUT2D eigenvalue weighted by Crippen LogP contribution is 2.45. The monoisotopic (exact) mass is 614 g/mol. The SMILES string of the molecule is Cc1nc2ccccc2n1C1CC2CCC(C1)N2CCC1(c2ccccc2)CCN(C(=O)C2CCCc3cc(C=O)ccc32)CC1. The van der Waals surface area contributed by atoms with E-state index in [9.17, 15) is 9.59 Å². The molecule has 3 fully saturated rings. The summed E-state index contributed by atoms with van der Waals surface area (Å²) < 4.78 is 2.53. The van der Waals surface area contributed by atoms with Crippen molar-refractivity contribution in [2.24, 2.45) is 0 Å². The highest BCUT2D eigenvalue weighted by Gasteiger charge is 2.44. The quantitative estimate of drug-likeness (QED) is 0.204. The summed E-state index contributed by atoms with van der Waals surface area (Å²) in [4.78, 5) is 35.3. The van der Waals surface area contributed by atoms with Crippen LogP contribution in [0.1, 0.15) is 103 Å². The molecule has 3 unspecified atom stereocenters. The Kier molecular flexibility index (Phi) is 7.80. The van der Waals surface area contributed by atoms with Crippen LogP contribution in [0.15, 0.2) is 72.8 Å². The van der Waals surface area contributed by atoms with Gasteiger partial charge in [-0.2, -0.15) is 0 Å². The van der Waals surface area contributed by atoms with Crippen LogP contribution in [0.3, 0.4) is 0 Å². The average Bonchev–Trinajstić information content (AvgIpc) is 3.57. The number of rotatable bonds is 7. The largest absolute Gasteiger partial charge is 0.342 e. The Labute approximate surface area is 272 Å². The van der Waals surface area contributed by atoms with E-state index in [-0.39, 0.29) is 17.2 Å². The first-order valence-corrected chi connectivity index (χ1v) is 17.6. The van der Waals surface area contributed by atoms with Crippen molar-refractivity contribution in [3.05, 3.63) is 101 Å². The molecule has 0 radical (unpaired) electrons. The number of carbonyl (C=O) groups excluding carboxylic acids is 2. The topological polar surface area (TPSA) is 58.4 Å². The predicted octanol–water partition coefficient (Wildman–Crippen LogP) is 7.40. The van der Waals surface area contributed by atoms with E-state index >= 15 is 0 Å². The molecular formula is C40H46N4O2. The van der Waals surface area contributed by atoms with Crippen LogP contribution in [0.25, 0.3) is 11.0 Å². The zero-order valence-corrected chi connectivity index (χ0v) is 27.1. The van der Waals surface area contributed by atoms with Gasteiger partial charge < -0.3 is 9.47 Å². The number of para-hydroxylation sites is 2. The van der Waals surface area contributed by atoms with Crippen molar-refractivity contribution < 1.29 is 9.59 Å².